The van der Waals surface area contributed by atoms with Crippen molar-refractivity contribution in [3.8, 4) is 45.4 Å². The summed E-state index contributed by atoms with van der Waals surface area (Å²) >= 11 is 14.3. The molecule has 0 bridgehead atoms. The second kappa shape index (κ2) is 13.7. The van der Waals surface area contributed by atoms with Gasteiger partial charge in [0.2, 0.25) is 23.6 Å². The third-order valence-corrected chi connectivity index (χ3v) is 11.4. The predicted molar refractivity (Wildman–Crippen MR) is 195 cm³/mol. The summed E-state index contributed by atoms with van der Waals surface area (Å²) in [5, 5.41) is 10.5. The highest BCUT2D eigenvalue weighted by Gasteiger charge is 2.51. The smallest absolute Gasteiger partial charge is 0.237 e. The number of likely N-dealkylation sites (tertiary alicyclic amines) is 1. The van der Waals surface area contributed by atoms with E-state index in [9.17, 15) is 9.59 Å². The Morgan fingerprint density at radius 3 is 2.22 bits per heavy atom. The van der Waals surface area contributed by atoms with Crippen molar-refractivity contribution in [3.05, 3.63) is 75.5 Å². The lowest BCUT2D eigenvalue weighted by molar-refractivity contribution is -0.121. The third-order valence-electron chi connectivity index (χ3n) is 10.6. The first-order valence-electron chi connectivity index (χ1n) is 17.4. The zero-order valence-electron chi connectivity index (χ0n) is 28.5. The molecule has 2 amide bonds. The van der Waals surface area contributed by atoms with Gasteiger partial charge in [0.05, 0.1) is 47.4 Å². The molecule has 3 N–H and O–H groups in total. The lowest BCUT2D eigenvalue weighted by Gasteiger charge is -2.50. The van der Waals surface area contributed by atoms with Crippen molar-refractivity contribution < 1.29 is 19.1 Å². The highest BCUT2D eigenvalue weighted by Crippen LogP contribution is 2.48. The lowest BCUT2D eigenvalue weighted by atomic mass is 9.86. The Kier molecular flexibility index (Phi) is 9.08. The number of amides is 2. The van der Waals surface area contributed by atoms with Crippen molar-refractivity contribution in [3.63, 3.8) is 0 Å². The molecule has 4 aromatic rings. The zero-order chi connectivity index (χ0) is 35.3. The maximum atomic E-state index is 11.9. The fourth-order valence-electron chi connectivity index (χ4n) is 8.09. The molecule has 8 rings (SSSR count). The Hall–Kier alpha value is -4.29. The van der Waals surface area contributed by atoms with Gasteiger partial charge in [0, 0.05) is 78.9 Å². The van der Waals surface area contributed by atoms with Crippen LogP contribution in [0.2, 0.25) is 10.0 Å². The first kappa shape index (κ1) is 33.8. The highest BCUT2D eigenvalue weighted by molar-refractivity contribution is 6.39. The van der Waals surface area contributed by atoms with Crippen LogP contribution in [-0.2, 0) is 22.6 Å². The number of carbonyl (C=O) groups is 2. The summed E-state index contributed by atoms with van der Waals surface area (Å²) in [6, 6.07) is 14.1. The van der Waals surface area contributed by atoms with Crippen molar-refractivity contribution >= 4 is 35.0 Å². The number of pyridine rings is 1. The van der Waals surface area contributed by atoms with Gasteiger partial charge in [-0.3, -0.25) is 19.5 Å². The van der Waals surface area contributed by atoms with E-state index in [4.69, 9.17) is 42.6 Å². The Balaban J connectivity index is 1.04. The summed E-state index contributed by atoms with van der Waals surface area (Å²) in [5.74, 6) is 1.25. The Bertz CT molecular complexity index is 2040. The van der Waals surface area contributed by atoms with Crippen LogP contribution < -0.4 is 25.4 Å². The van der Waals surface area contributed by atoms with Crippen molar-refractivity contribution in [1.82, 2.24) is 35.8 Å². The number of fused-ring (bicyclic) bond motifs is 1. The molecule has 0 radical (unpaired) electrons. The normalized spacial score (nSPS) is 20.6. The molecule has 2 aromatic carbocycles. The van der Waals surface area contributed by atoms with E-state index in [1.54, 1.807) is 20.4 Å². The number of halogens is 2. The molecule has 2 aromatic heterocycles. The van der Waals surface area contributed by atoms with Crippen molar-refractivity contribution in [2.24, 2.45) is 0 Å². The number of hydrogen-bond donors (Lipinski definition) is 3. The minimum atomic E-state index is -0.0801. The number of benzene rings is 2. The number of ether oxygens (including phenoxy) is 2. The molecular weight excluding hydrogens is 689 g/mol. The SMILES string of the molecule is COc1nc(-c2cccc(-c3cccc(-c4cc5c(c(OC)n4)[C@@H](N4CC6(CCC(=O)N6)C4)CC5)c3Cl)c2Cl)cnc1CNC[C@@H]1CCC(=O)N1. The highest BCUT2D eigenvalue weighted by atomic mass is 35.5. The minimum Gasteiger partial charge on any atom is -0.481 e. The van der Waals surface area contributed by atoms with Gasteiger partial charge in [-0.05, 0) is 37.3 Å². The van der Waals surface area contributed by atoms with Crippen molar-refractivity contribution in [2.75, 3.05) is 33.9 Å². The molecule has 51 heavy (non-hydrogen) atoms. The summed E-state index contributed by atoms with van der Waals surface area (Å²) in [4.78, 5) is 40.3. The van der Waals surface area contributed by atoms with E-state index >= 15 is 0 Å². The number of carbonyl (C=O) groups excluding carboxylic acids is 2. The average molecular weight is 729 g/mol. The molecule has 1 spiro atoms. The van der Waals surface area contributed by atoms with Crippen LogP contribution in [0.4, 0.5) is 0 Å². The largest absolute Gasteiger partial charge is 0.481 e. The van der Waals surface area contributed by atoms with Gasteiger partial charge < -0.3 is 25.4 Å². The molecule has 5 heterocycles. The van der Waals surface area contributed by atoms with Gasteiger partial charge in [0.15, 0.2) is 0 Å². The van der Waals surface area contributed by atoms with Gasteiger partial charge in [-0.2, -0.15) is 0 Å². The lowest BCUT2D eigenvalue weighted by Crippen LogP contribution is -2.67. The number of hydrogen-bond acceptors (Lipinski definition) is 9. The second-order valence-electron chi connectivity index (χ2n) is 13.9. The van der Waals surface area contributed by atoms with Crippen molar-refractivity contribution in [1.29, 1.82) is 0 Å². The van der Waals surface area contributed by atoms with Gasteiger partial charge >= 0.3 is 0 Å². The van der Waals surface area contributed by atoms with E-state index in [1.807, 2.05) is 36.4 Å². The third kappa shape index (κ3) is 6.30. The molecule has 0 saturated carbocycles. The molecule has 0 unspecified atom stereocenters. The number of methoxy groups -OCH3 is 2. The van der Waals surface area contributed by atoms with E-state index in [2.05, 4.69) is 31.9 Å². The predicted octanol–water partition coefficient (Wildman–Crippen LogP) is 5.52. The Morgan fingerprint density at radius 2 is 1.57 bits per heavy atom. The van der Waals surface area contributed by atoms with Crippen LogP contribution >= 0.6 is 23.2 Å². The summed E-state index contributed by atoms with van der Waals surface area (Å²) in [6.45, 7) is 2.79. The maximum Gasteiger partial charge on any atom is 0.237 e. The van der Waals surface area contributed by atoms with E-state index in [0.29, 0.717) is 64.7 Å². The fraction of sp³-hybridized carbons (Fsp3) is 0.395. The van der Waals surface area contributed by atoms with Crippen molar-refractivity contribution in [2.45, 2.75) is 62.7 Å². The van der Waals surface area contributed by atoms with Gasteiger partial charge in [-0.15, -0.1) is 0 Å². The molecule has 13 heteroatoms. The molecule has 2 atom stereocenters. The number of nitrogens with zero attached hydrogens (tertiary/aromatic N) is 4. The van der Waals surface area contributed by atoms with E-state index in [1.165, 1.54) is 5.56 Å². The minimum absolute atomic E-state index is 0.0801. The van der Waals surface area contributed by atoms with Gasteiger partial charge in [-0.25, -0.2) is 9.97 Å². The van der Waals surface area contributed by atoms with Crippen LogP contribution in [-0.4, -0.2) is 77.1 Å². The Labute approximate surface area is 306 Å². The quantitative estimate of drug-likeness (QED) is 0.193. The molecule has 264 valence electrons. The number of nitrogens with one attached hydrogen (secondary N) is 3. The molecule has 1 aliphatic carbocycles. The number of aromatic nitrogens is 3. The molecule has 3 aliphatic heterocycles. The first-order valence-corrected chi connectivity index (χ1v) is 18.1. The number of rotatable bonds is 10. The van der Waals surface area contributed by atoms with Crippen LogP contribution in [0.1, 0.15) is 55.0 Å². The molecule has 3 saturated heterocycles. The zero-order valence-corrected chi connectivity index (χ0v) is 30.0. The van der Waals surface area contributed by atoms with Crippen LogP contribution in [0.5, 0.6) is 11.8 Å². The van der Waals surface area contributed by atoms with Gasteiger partial charge in [0.25, 0.3) is 0 Å². The number of aryl methyl sites for hydroxylation is 1. The molecular formula is C38H39Cl2N7O4. The summed E-state index contributed by atoms with van der Waals surface area (Å²) in [5.41, 5.74) is 7.23. The maximum absolute atomic E-state index is 11.9. The monoisotopic (exact) mass is 727 g/mol. The van der Waals surface area contributed by atoms with Crippen LogP contribution in [0, 0.1) is 0 Å². The van der Waals surface area contributed by atoms with Crippen LogP contribution in [0.25, 0.3) is 33.6 Å². The van der Waals surface area contributed by atoms with Gasteiger partial charge in [0.1, 0.15) is 5.69 Å². The van der Waals surface area contributed by atoms with E-state index in [-0.39, 0.29) is 29.4 Å². The topological polar surface area (TPSA) is 131 Å². The second-order valence-corrected chi connectivity index (χ2v) is 14.6. The molecule has 11 nitrogen and oxygen atoms in total. The van der Waals surface area contributed by atoms with E-state index < -0.39 is 0 Å². The average Bonchev–Trinajstić information content (AvgIpc) is 3.85. The fourth-order valence-corrected chi connectivity index (χ4v) is 8.73. The first-order chi connectivity index (χ1) is 24.8. The summed E-state index contributed by atoms with van der Waals surface area (Å²) in [7, 11) is 3.23. The molecule has 4 aliphatic rings. The van der Waals surface area contributed by atoms with E-state index in [0.717, 1.165) is 66.7 Å². The van der Waals surface area contributed by atoms with Crippen LogP contribution in [0.15, 0.2) is 48.7 Å². The molecule has 3 fully saturated rings. The summed E-state index contributed by atoms with van der Waals surface area (Å²) < 4.78 is 11.5. The van der Waals surface area contributed by atoms with Gasteiger partial charge in [-0.1, -0.05) is 59.6 Å². The summed E-state index contributed by atoms with van der Waals surface area (Å²) in [6.07, 6.45) is 6.45. The van der Waals surface area contributed by atoms with Crippen LogP contribution in [0.3, 0.4) is 0 Å². The Morgan fingerprint density at radius 1 is 0.882 bits per heavy atom. The standard InChI is InChI=1S/C38H39Cl2N7O4/c1-50-36-29(17-41-16-22-10-12-31(48)43-22)42-18-28(45-36)26-8-4-6-24(35(26)40)23-5-3-7-25(34(23)39)27-15-21-9-11-30(33(21)37(44-27)51-2)47-19-38(20-47)14-13-32(49)46-38/h3-8,15,18,22,30,41H,9-14,16-17,19-20H2,1-2H3,(H,43,48)(H,46,49)/t22-,30-/m0/s1.